The normalized spacial score (nSPS) is 18.6. The van der Waals surface area contributed by atoms with Crippen LogP contribution in [0.4, 0.5) is 9.18 Å². The van der Waals surface area contributed by atoms with Crippen molar-refractivity contribution in [1.82, 2.24) is 10.2 Å². The van der Waals surface area contributed by atoms with E-state index < -0.39 is 5.60 Å². The van der Waals surface area contributed by atoms with Crippen LogP contribution in [-0.2, 0) is 4.74 Å². The number of ether oxygens (including phenoxy) is 2. The maximum absolute atomic E-state index is 13.6. The second-order valence-corrected chi connectivity index (χ2v) is 7.35. The molecule has 5 nitrogen and oxygen atoms in total. The van der Waals surface area contributed by atoms with Crippen molar-refractivity contribution in [1.29, 1.82) is 0 Å². The lowest BCUT2D eigenvalue weighted by atomic mass is 10.0. The molecular formula is C19H29FN2O3. The van der Waals surface area contributed by atoms with E-state index in [0.717, 1.165) is 25.8 Å². The molecule has 2 rings (SSSR count). The first-order valence-corrected chi connectivity index (χ1v) is 8.93. The Morgan fingerprint density at radius 3 is 2.80 bits per heavy atom. The van der Waals surface area contributed by atoms with E-state index in [-0.39, 0.29) is 23.7 Å². The first-order chi connectivity index (χ1) is 11.8. The molecule has 25 heavy (non-hydrogen) atoms. The third-order valence-electron chi connectivity index (χ3n) is 4.10. The highest BCUT2D eigenvalue weighted by Crippen LogP contribution is 2.18. The summed E-state index contributed by atoms with van der Waals surface area (Å²) in [5.41, 5.74) is -0.496. The zero-order valence-electron chi connectivity index (χ0n) is 15.4. The predicted molar refractivity (Wildman–Crippen MR) is 95.3 cm³/mol. The van der Waals surface area contributed by atoms with Gasteiger partial charge in [0, 0.05) is 19.1 Å². The van der Waals surface area contributed by atoms with E-state index in [0.29, 0.717) is 19.7 Å². The van der Waals surface area contributed by atoms with E-state index in [1.165, 1.54) is 6.07 Å². The molecule has 1 atom stereocenters. The fraction of sp³-hybridized carbons (Fsp3) is 0.632. The van der Waals surface area contributed by atoms with Gasteiger partial charge in [-0.3, -0.25) is 4.90 Å². The van der Waals surface area contributed by atoms with Gasteiger partial charge in [0.15, 0.2) is 11.6 Å². The summed E-state index contributed by atoms with van der Waals surface area (Å²) in [7, 11) is 0. The van der Waals surface area contributed by atoms with Crippen LogP contribution >= 0.6 is 0 Å². The van der Waals surface area contributed by atoms with Gasteiger partial charge in [-0.25, -0.2) is 9.18 Å². The van der Waals surface area contributed by atoms with Gasteiger partial charge in [0.2, 0.25) is 0 Å². The topological polar surface area (TPSA) is 50.8 Å². The minimum absolute atomic E-state index is 0.255. The van der Waals surface area contributed by atoms with Gasteiger partial charge in [0.25, 0.3) is 0 Å². The molecule has 0 radical (unpaired) electrons. The van der Waals surface area contributed by atoms with Crippen molar-refractivity contribution in [2.24, 2.45) is 0 Å². The second-order valence-electron chi connectivity index (χ2n) is 7.35. The number of nitrogens with one attached hydrogen (secondary N) is 1. The SMILES string of the molecule is CC(C)(C)OC(=O)NCC1CCCCN1CCOc1ccccc1F. The fourth-order valence-electron chi connectivity index (χ4n) is 2.94. The molecular weight excluding hydrogens is 323 g/mol. The van der Waals surface area contributed by atoms with E-state index in [9.17, 15) is 9.18 Å². The Morgan fingerprint density at radius 2 is 2.08 bits per heavy atom. The molecule has 140 valence electrons. The number of alkyl carbamates (subject to hydrolysis) is 1. The van der Waals surface area contributed by atoms with Crippen LogP contribution in [0.3, 0.4) is 0 Å². The number of piperidine rings is 1. The Bertz CT molecular complexity index is 560. The van der Waals surface area contributed by atoms with Crippen LogP contribution < -0.4 is 10.1 Å². The summed E-state index contributed by atoms with van der Waals surface area (Å²) in [6.45, 7) is 8.17. The molecule has 0 aromatic heterocycles. The summed E-state index contributed by atoms with van der Waals surface area (Å²) < 4.78 is 24.4. The number of hydrogen-bond donors (Lipinski definition) is 1. The molecule has 0 spiro atoms. The lowest BCUT2D eigenvalue weighted by Gasteiger charge is -2.35. The Balaban J connectivity index is 1.78. The molecule has 0 saturated carbocycles. The standard InChI is InChI=1S/C19H29FN2O3/c1-19(2,3)25-18(23)21-14-15-8-6-7-11-22(15)12-13-24-17-10-5-4-9-16(17)20/h4-5,9-10,15H,6-8,11-14H2,1-3H3,(H,21,23). The minimum Gasteiger partial charge on any atom is -0.489 e. The number of nitrogens with zero attached hydrogens (tertiary/aromatic N) is 1. The number of rotatable bonds is 6. The highest BCUT2D eigenvalue weighted by atomic mass is 19.1. The molecule has 1 saturated heterocycles. The maximum Gasteiger partial charge on any atom is 0.407 e. The number of benzene rings is 1. The van der Waals surface area contributed by atoms with Crippen molar-refractivity contribution >= 4 is 6.09 Å². The molecule has 0 bridgehead atoms. The van der Waals surface area contributed by atoms with Crippen LogP contribution in [0, 0.1) is 5.82 Å². The van der Waals surface area contributed by atoms with Crippen molar-refractivity contribution in [2.45, 2.75) is 51.7 Å². The van der Waals surface area contributed by atoms with Crippen LogP contribution in [-0.4, -0.2) is 48.9 Å². The minimum atomic E-state index is -0.496. The summed E-state index contributed by atoms with van der Waals surface area (Å²) in [4.78, 5) is 14.1. The lowest BCUT2D eigenvalue weighted by molar-refractivity contribution is 0.0489. The Hall–Kier alpha value is -1.82. The highest BCUT2D eigenvalue weighted by molar-refractivity contribution is 5.67. The average Bonchev–Trinajstić information content (AvgIpc) is 2.54. The van der Waals surface area contributed by atoms with Gasteiger partial charge in [-0.05, 0) is 52.3 Å². The van der Waals surface area contributed by atoms with Crippen LogP contribution in [0.25, 0.3) is 0 Å². The first-order valence-electron chi connectivity index (χ1n) is 8.93. The van der Waals surface area contributed by atoms with Gasteiger partial charge < -0.3 is 14.8 Å². The molecule has 1 aliphatic heterocycles. The van der Waals surface area contributed by atoms with Gasteiger partial charge in [-0.1, -0.05) is 18.6 Å². The number of carbonyl (C=O) groups is 1. The lowest BCUT2D eigenvalue weighted by Crippen LogP contribution is -2.48. The third kappa shape index (κ3) is 6.90. The third-order valence-corrected chi connectivity index (χ3v) is 4.10. The highest BCUT2D eigenvalue weighted by Gasteiger charge is 2.24. The van der Waals surface area contributed by atoms with Gasteiger partial charge in [0.05, 0.1) is 0 Å². The summed E-state index contributed by atoms with van der Waals surface area (Å²) in [6.07, 6.45) is 2.91. The summed E-state index contributed by atoms with van der Waals surface area (Å²) >= 11 is 0. The molecule has 1 unspecified atom stereocenters. The van der Waals surface area contributed by atoms with Gasteiger partial charge in [-0.15, -0.1) is 0 Å². The van der Waals surface area contributed by atoms with E-state index in [1.54, 1.807) is 18.2 Å². The molecule has 1 amide bonds. The van der Waals surface area contributed by atoms with Gasteiger partial charge in [-0.2, -0.15) is 0 Å². The zero-order chi connectivity index (χ0) is 18.3. The number of likely N-dealkylation sites (tertiary alicyclic amines) is 1. The predicted octanol–water partition coefficient (Wildman–Crippen LogP) is 3.58. The second kappa shape index (κ2) is 9.04. The first kappa shape index (κ1) is 19.5. The molecule has 1 heterocycles. The fourth-order valence-corrected chi connectivity index (χ4v) is 2.94. The monoisotopic (exact) mass is 352 g/mol. The number of hydrogen-bond acceptors (Lipinski definition) is 4. The molecule has 6 heteroatoms. The Labute approximate surface area is 149 Å². The van der Waals surface area contributed by atoms with Crippen molar-refractivity contribution in [3.05, 3.63) is 30.1 Å². The van der Waals surface area contributed by atoms with Crippen LogP contribution in [0.2, 0.25) is 0 Å². The van der Waals surface area contributed by atoms with E-state index in [4.69, 9.17) is 9.47 Å². The molecule has 1 aliphatic rings. The Morgan fingerprint density at radius 1 is 1.32 bits per heavy atom. The summed E-state index contributed by atoms with van der Waals surface area (Å²) in [5, 5.41) is 2.85. The molecule has 1 aromatic carbocycles. The van der Waals surface area contributed by atoms with Gasteiger partial charge >= 0.3 is 6.09 Å². The largest absolute Gasteiger partial charge is 0.489 e. The van der Waals surface area contributed by atoms with Crippen LogP contribution in [0.5, 0.6) is 5.75 Å². The van der Waals surface area contributed by atoms with E-state index in [2.05, 4.69) is 10.2 Å². The molecule has 1 aromatic rings. The van der Waals surface area contributed by atoms with Crippen molar-refractivity contribution in [2.75, 3.05) is 26.2 Å². The average molecular weight is 352 g/mol. The molecule has 0 aliphatic carbocycles. The number of carbonyl (C=O) groups excluding carboxylic acids is 1. The Kier molecular flexibility index (Phi) is 7.05. The van der Waals surface area contributed by atoms with Crippen LogP contribution in [0.15, 0.2) is 24.3 Å². The summed E-state index contributed by atoms with van der Waals surface area (Å²) in [6, 6.07) is 6.68. The number of para-hydroxylation sites is 1. The quantitative estimate of drug-likeness (QED) is 0.850. The molecule has 1 fully saturated rings. The van der Waals surface area contributed by atoms with Crippen molar-refractivity contribution in [3.8, 4) is 5.75 Å². The molecule has 1 N–H and O–H groups in total. The maximum atomic E-state index is 13.6. The number of halogens is 1. The van der Waals surface area contributed by atoms with Crippen molar-refractivity contribution < 1.29 is 18.7 Å². The summed E-state index contributed by atoms with van der Waals surface area (Å²) in [5.74, 6) is -0.0628. The van der Waals surface area contributed by atoms with Gasteiger partial charge in [0.1, 0.15) is 12.2 Å². The van der Waals surface area contributed by atoms with E-state index >= 15 is 0 Å². The van der Waals surface area contributed by atoms with Crippen molar-refractivity contribution in [3.63, 3.8) is 0 Å². The van der Waals surface area contributed by atoms with Crippen LogP contribution in [0.1, 0.15) is 40.0 Å². The van der Waals surface area contributed by atoms with E-state index in [1.807, 2.05) is 20.8 Å². The number of amides is 1. The zero-order valence-corrected chi connectivity index (χ0v) is 15.4. The smallest absolute Gasteiger partial charge is 0.407 e.